The highest BCUT2D eigenvalue weighted by Gasteiger charge is 2.27. The average molecular weight is 280 g/mol. The van der Waals surface area contributed by atoms with Crippen molar-refractivity contribution in [3.8, 4) is 0 Å². The van der Waals surface area contributed by atoms with Gasteiger partial charge in [0.05, 0.1) is 12.7 Å². The monoisotopic (exact) mass is 280 g/mol. The zero-order valence-electron chi connectivity index (χ0n) is 12.2. The van der Waals surface area contributed by atoms with E-state index in [1.54, 1.807) is 7.05 Å². The fourth-order valence-corrected chi connectivity index (χ4v) is 1.75. The van der Waals surface area contributed by atoms with Crippen LogP contribution in [-0.4, -0.2) is 29.6 Å². The van der Waals surface area contributed by atoms with Crippen LogP contribution in [0.5, 0.6) is 0 Å². The molecule has 0 aliphatic heterocycles. The normalized spacial score (nSPS) is 13.4. The third kappa shape index (κ3) is 3.69. The molecule has 0 aromatic carbocycles. The molecule has 0 radical (unpaired) electrons. The van der Waals surface area contributed by atoms with Crippen LogP contribution in [0.4, 0.5) is 0 Å². The van der Waals surface area contributed by atoms with Crippen LogP contribution in [0.15, 0.2) is 23.1 Å². The maximum atomic E-state index is 12.1. The van der Waals surface area contributed by atoms with Crippen LogP contribution in [-0.2, 0) is 16.6 Å². The van der Waals surface area contributed by atoms with E-state index < -0.39 is 17.9 Å². The van der Waals surface area contributed by atoms with Crippen LogP contribution in [0, 0.1) is 5.92 Å². The first kappa shape index (κ1) is 15.9. The Hall–Kier alpha value is -2.11. The minimum absolute atomic E-state index is 0.0427. The Labute approximate surface area is 117 Å². The Morgan fingerprint density at radius 2 is 2.05 bits per heavy atom. The SMILES string of the molecule is CC[C@H](C)[C@@H](NC(=O)c1ccc(=O)n(C)c1)C(=O)OC. The maximum Gasteiger partial charge on any atom is 0.328 e. The highest BCUT2D eigenvalue weighted by molar-refractivity contribution is 5.96. The summed E-state index contributed by atoms with van der Waals surface area (Å²) in [4.78, 5) is 35.1. The van der Waals surface area contributed by atoms with Crippen molar-refractivity contribution in [3.05, 3.63) is 34.2 Å². The van der Waals surface area contributed by atoms with Crippen molar-refractivity contribution in [2.75, 3.05) is 7.11 Å². The van der Waals surface area contributed by atoms with Gasteiger partial charge in [0, 0.05) is 19.3 Å². The predicted octanol–water partition coefficient (Wildman–Crippen LogP) is 0.703. The first-order valence-electron chi connectivity index (χ1n) is 6.46. The van der Waals surface area contributed by atoms with Crippen LogP contribution in [0.2, 0.25) is 0 Å². The van der Waals surface area contributed by atoms with Gasteiger partial charge in [0.2, 0.25) is 5.56 Å². The highest BCUT2D eigenvalue weighted by atomic mass is 16.5. The van der Waals surface area contributed by atoms with Gasteiger partial charge in [-0.25, -0.2) is 4.79 Å². The maximum absolute atomic E-state index is 12.1. The van der Waals surface area contributed by atoms with Crippen LogP contribution in [0.25, 0.3) is 0 Å². The number of amides is 1. The topological polar surface area (TPSA) is 77.4 Å². The molecule has 0 bridgehead atoms. The van der Waals surface area contributed by atoms with Gasteiger partial charge in [-0.1, -0.05) is 20.3 Å². The number of rotatable bonds is 5. The lowest BCUT2D eigenvalue weighted by Gasteiger charge is -2.21. The second-order valence-corrected chi connectivity index (χ2v) is 4.73. The molecule has 0 spiro atoms. The van der Waals surface area contributed by atoms with Crippen molar-refractivity contribution in [3.63, 3.8) is 0 Å². The number of hydrogen-bond donors (Lipinski definition) is 1. The number of aromatic nitrogens is 1. The summed E-state index contributed by atoms with van der Waals surface area (Å²) in [5.41, 5.74) is 0.123. The van der Waals surface area contributed by atoms with Crippen molar-refractivity contribution < 1.29 is 14.3 Å². The fourth-order valence-electron chi connectivity index (χ4n) is 1.75. The second kappa shape index (κ2) is 6.88. The molecule has 1 aromatic rings. The van der Waals surface area contributed by atoms with E-state index in [-0.39, 0.29) is 11.5 Å². The van der Waals surface area contributed by atoms with E-state index in [1.165, 1.54) is 30.0 Å². The molecule has 0 aliphatic rings. The first-order chi connectivity index (χ1) is 9.40. The molecule has 2 atom stereocenters. The van der Waals surface area contributed by atoms with Crippen molar-refractivity contribution in [2.24, 2.45) is 13.0 Å². The third-order valence-electron chi connectivity index (χ3n) is 3.30. The van der Waals surface area contributed by atoms with E-state index >= 15 is 0 Å². The van der Waals surface area contributed by atoms with Crippen LogP contribution in [0.3, 0.4) is 0 Å². The predicted molar refractivity (Wildman–Crippen MR) is 74.4 cm³/mol. The van der Waals surface area contributed by atoms with Gasteiger partial charge < -0.3 is 14.6 Å². The molecule has 1 heterocycles. The van der Waals surface area contributed by atoms with Crippen molar-refractivity contribution in [1.29, 1.82) is 0 Å². The van der Waals surface area contributed by atoms with E-state index in [0.29, 0.717) is 5.56 Å². The Balaban J connectivity index is 2.92. The van der Waals surface area contributed by atoms with Gasteiger partial charge >= 0.3 is 5.97 Å². The lowest BCUT2D eigenvalue weighted by molar-refractivity contribution is -0.144. The molecule has 0 unspecified atom stereocenters. The van der Waals surface area contributed by atoms with Crippen molar-refractivity contribution >= 4 is 11.9 Å². The van der Waals surface area contributed by atoms with Gasteiger partial charge in [0.1, 0.15) is 6.04 Å². The van der Waals surface area contributed by atoms with E-state index in [9.17, 15) is 14.4 Å². The van der Waals surface area contributed by atoms with Crippen LogP contribution in [0.1, 0.15) is 30.6 Å². The number of nitrogens with one attached hydrogen (secondary N) is 1. The summed E-state index contributed by atoms with van der Waals surface area (Å²) in [5.74, 6) is -0.923. The number of pyridine rings is 1. The Morgan fingerprint density at radius 3 is 2.55 bits per heavy atom. The van der Waals surface area contributed by atoms with E-state index in [1.807, 2.05) is 13.8 Å². The standard InChI is InChI=1S/C14H20N2O4/c1-5-9(2)12(14(19)20-4)15-13(18)10-6-7-11(17)16(3)8-10/h6-9,12H,5H2,1-4H3,(H,15,18)/t9-,12+/m0/s1. The second-order valence-electron chi connectivity index (χ2n) is 4.73. The number of nitrogens with zero attached hydrogens (tertiary/aromatic N) is 1. The number of esters is 1. The molecule has 1 N–H and O–H groups in total. The lowest BCUT2D eigenvalue weighted by atomic mass is 9.99. The summed E-state index contributed by atoms with van der Waals surface area (Å²) in [6, 6.07) is 2.04. The summed E-state index contributed by atoms with van der Waals surface area (Å²) < 4.78 is 6.02. The largest absolute Gasteiger partial charge is 0.467 e. The Kier molecular flexibility index (Phi) is 5.49. The summed E-state index contributed by atoms with van der Waals surface area (Å²) in [5, 5.41) is 2.65. The minimum atomic E-state index is -0.699. The number of carbonyl (C=O) groups is 2. The number of hydrogen-bond acceptors (Lipinski definition) is 4. The van der Waals surface area contributed by atoms with Gasteiger partial charge in [-0.15, -0.1) is 0 Å². The highest BCUT2D eigenvalue weighted by Crippen LogP contribution is 2.10. The number of aryl methyl sites for hydroxylation is 1. The molecule has 0 saturated carbocycles. The molecule has 20 heavy (non-hydrogen) atoms. The van der Waals surface area contributed by atoms with Crippen LogP contribution >= 0.6 is 0 Å². The van der Waals surface area contributed by atoms with E-state index in [4.69, 9.17) is 4.74 Å². The number of ether oxygens (including phenoxy) is 1. The summed E-state index contributed by atoms with van der Waals surface area (Å²) in [7, 11) is 2.85. The Morgan fingerprint density at radius 1 is 1.40 bits per heavy atom. The lowest BCUT2D eigenvalue weighted by Crippen LogP contribution is -2.45. The van der Waals surface area contributed by atoms with E-state index in [0.717, 1.165) is 6.42 Å². The first-order valence-corrected chi connectivity index (χ1v) is 6.46. The molecule has 1 aromatic heterocycles. The van der Waals surface area contributed by atoms with Crippen molar-refractivity contribution in [2.45, 2.75) is 26.3 Å². The smallest absolute Gasteiger partial charge is 0.328 e. The molecule has 110 valence electrons. The molecule has 6 heteroatoms. The zero-order chi connectivity index (χ0) is 15.3. The molecule has 0 saturated heterocycles. The Bertz CT molecular complexity index is 550. The van der Waals surface area contributed by atoms with Gasteiger partial charge in [-0.05, 0) is 12.0 Å². The fraction of sp³-hybridized carbons (Fsp3) is 0.500. The van der Waals surface area contributed by atoms with E-state index in [2.05, 4.69) is 5.32 Å². The zero-order valence-corrected chi connectivity index (χ0v) is 12.2. The molecule has 1 rings (SSSR count). The minimum Gasteiger partial charge on any atom is -0.467 e. The third-order valence-corrected chi connectivity index (χ3v) is 3.30. The molecule has 0 aliphatic carbocycles. The van der Waals surface area contributed by atoms with Gasteiger partial charge in [0.25, 0.3) is 5.91 Å². The quantitative estimate of drug-likeness (QED) is 0.806. The molecule has 1 amide bonds. The van der Waals surface area contributed by atoms with Crippen LogP contribution < -0.4 is 10.9 Å². The number of methoxy groups -OCH3 is 1. The summed E-state index contributed by atoms with van der Waals surface area (Å²) in [6.45, 7) is 3.79. The van der Waals surface area contributed by atoms with Gasteiger partial charge in [-0.2, -0.15) is 0 Å². The molecular formula is C14H20N2O4. The number of carbonyl (C=O) groups excluding carboxylic acids is 2. The molecular weight excluding hydrogens is 260 g/mol. The van der Waals surface area contributed by atoms with Gasteiger partial charge in [-0.3, -0.25) is 9.59 Å². The molecule has 0 fully saturated rings. The summed E-state index contributed by atoms with van der Waals surface area (Å²) >= 11 is 0. The average Bonchev–Trinajstić information content (AvgIpc) is 2.45. The van der Waals surface area contributed by atoms with Crippen molar-refractivity contribution in [1.82, 2.24) is 9.88 Å². The molecule has 6 nitrogen and oxygen atoms in total. The van der Waals surface area contributed by atoms with Gasteiger partial charge in [0.15, 0.2) is 0 Å². The summed E-state index contributed by atoms with van der Waals surface area (Å²) in [6.07, 6.45) is 2.16.